The monoisotopic (exact) mass is 283 g/mol. The molecule has 0 aliphatic heterocycles. The fourth-order valence-corrected chi connectivity index (χ4v) is 2.92. The molecule has 0 fully saturated rings. The highest BCUT2D eigenvalue weighted by molar-refractivity contribution is 7.99. The summed E-state index contributed by atoms with van der Waals surface area (Å²) in [4.78, 5) is 0. The van der Waals surface area contributed by atoms with Crippen molar-refractivity contribution >= 4 is 11.8 Å². The van der Waals surface area contributed by atoms with Crippen molar-refractivity contribution in [1.29, 1.82) is 0 Å². The third-order valence-electron chi connectivity index (χ3n) is 3.20. The van der Waals surface area contributed by atoms with Gasteiger partial charge in [-0.3, -0.25) is 0 Å². The van der Waals surface area contributed by atoms with Crippen LogP contribution in [0.3, 0.4) is 0 Å². The van der Waals surface area contributed by atoms with Crippen molar-refractivity contribution < 1.29 is 4.39 Å². The summed E-state index contributed by atoms with van der Waals surface area (Å²) in [6.45, 7) is 6.40. The molecule has 0 radical (unpaired) electrons. The first-order chi connectivity index (χ1) is 9.27. The highest BCUT2D eigenvalue weighted by Gasteiger charge is 2.11. The van der Waals surface area contributed by atoms with Crippen molar-refractivity contribution in [2.45, 2.75) is 33.1 Å². The fraction of sp³-hybridized carbons (Fsp3) is 0.625. The Morgan fingerprint density at radius 1 is 1.26 bits per heavy atom. The van der Waals surface area contributed by atoms with E-state index < -0.39 is 0 Å². The van der Waals surface area contributed by atoms with Crippen LogP contribution in [-0.4, -0.2) is 24.6 Å². The normalized spacial score (nSPS) is 12.6. The first-order valence-corrected chi connectivity index (χ1v) is 8.45. The molecule has 0 aliphatic rings. The standard InChI is InChI=1S/C16H26FNS/c1-3-10-18-13-14(9-11-19-4-2)12-15-7-5-6-8-16(15)17/h5-8,14,18H,3-4,9-13H2,1-2H3. The van der Waals surface area contributed by atoms with Crippen molar-refractivity contribution in [2.75, 3.05) is 24.6 Å². The lowest BCUT2D eigenvalue weighted by molar-refractivity contribution is 0.454. The maximum Gasteiger partial charge on any atom is 0.126 e. The lowest BCUT2D eigenvalue weighted by Gasteiger charge is -2.18. The second-order valence-corrected chi connectivity index (χ2v) is 6.25. The first-order valence-electron chi connectivity index (χ1n) is 7.29. The highest BCUT2D eigenvalue weighted by Crippen LogP contribution is 2.17. The minimum atomic E-state index is -0.0638. The third-order valence-corrected chi connectivity index (χ3v) is 4.13. The summed E-state index contributed by atoms with van der Waals surface area (Å²) in [5.41, 5.74) is 0.854. The van der Waals surface area contributed by atoms with Gasteiger partial charge < -0.3 is 5.32 Å². The average Bonchev–Trinajstić information content (AvgIpc) is 2.41. The van der Waals surface area contributed by atoms with Gasteiger partial charge in [-0.1, -0.05) is 32.0 Å². The quantitative estimate of drug-likeness (QED) is 0.648. The van der Waals surface area contributed by atoms with Crippen LogP contribution in [0.4, 0.5) is 4.39 Å². The SMILES string of the molecule is CCCNCC(CCSCC)Cc1ccccc1F. The Bertz CT molecular complexity index is 333. The Labute approximate surface area is 121 Å². The second-order valence-electron chi connectivity index (χ2n) is 4.85. The summed E-state index contributed by atoms with van der Waals surface area (Å²) in [5, 5.41) is 3.47. The van der Waals surface area contributed by atoms with Crippen LogP contribution in [0, 0.1) is 11.7 Å². The third kappa shape index (κ3) is 6.98. The summed E-state index contributed by atoms with van der Waals surface area (Å²) >= 11 is 1.97. The van der Waals surface area contributed by atoms with Crippen LogP contribution in [-0.2, 0) is 6.42 Å². The van der Waals surface area contributed by atoms with E-state index in [-0.39, 0.29) is 5.82 Å². The van der Waals surface area contributed by atoms with Gasteiger partial charge in [0.15, 0.2) is 0 Å². The van der Waals surface area contributed by atoms with Crippen LogP contribution in [0.1, 0.15) is 32.3 Å². The van der Waals surface area contributed by atoms with Gasteiger partial charge in [0.25, 0.3) is 0 Å². The number of hydrogen-bond acceptors (Lipinski definition) is 2. The van der Waals surface area contributed by atoms with E-state index in [1.807, 2.05) is 23.9 Å². The number of thioether (sulfide) groups is 1. The summed E-state index contributed by atoms with van der Waals surface area (Å²) in [5.74, 6) is 2.80. The second kappa shape index (κ2) is 10.3. The van der Waals surface area contributed by atoms with Gasteiger partial charge in [-0.15, -0.1) is 0 Å². The Kier molecular flexibility index (Phi) is 8.93. The summed E-state index contributed by atoms with van der Waals surface area (Å²) in [7, 11) is 0. The molecule has 1 rings (SSSR count). The Morgan fingerprint density at radius 3 is 2.74 bits per heavy atom. The van der Waals surface area contributed by atoms with Crippen molar-refractivity contribution in [3.8, 4) is 0 Å². The van der Waals surface area contributed by atoms with Crippen LogP contribution in [0.25, 0.3) is 0 Å². The molecule has 0 spiro atoms. The van der Waals surface area contributed by atoms with Gasteiger partial charge in [0.1, 0.15) is 5.82 Å². The van der Waals surface area contributed by atoms with E-state index in [9.17, 15) is 4.39 Å². The van der Waals surface area contributed by atoms with E-state index in [1.165, 1.54) is 5.75 Å². The molecule has 0 saturated heterocycles. The molecule has 3 heteroatoms. The maximum absolute atomic E-state index is 13.7. The van der Waals surface area contributed by atoms with E-state index in [4.69, 9.17) is 0 Å². The van der Waals surface area contributed by atoms with Crippen molar-refractivity contribution in [1.82, 2.24) is 5.32 Å². The summed E-state index contributed by atoms with van der Waals surface area (Å²) in [6.07, 6.45) is 3.15. The molecule has 0 saturated carbocycles. The van der Waals surface area contributed by atoms with E-state index in [1.54, 1.807) is 12.1 Å². The van der Waals surface area contributed by atoms with Crippen LogP contribution in [0.5, 0.6) is 0 Å². The minimum absolute atomic E-state index is 0.0638. The van der Waals surface area contributed by atoms with Crippen molar-refractivity contribution in [3.63, 3.8) is 0 Å². The molecular weight excluding hydrogens is 257 g/mol. The van der Waals surface area contributed by atoms with Gasteiger partial charge in [-0.25, -0.2) is 4.39 Å². The first kappa shape index (κ1) is 16.5. The largest absolute Gasteiger partial charge is 0.316 e. The Balaban J connectivity index is 2.49. The van der Waals surface area contributed by atoms with E-state index in [0.717, 1.165) is 43.7 Å². The molecule has 1 nitrogen and oxygen atoms in total. The molecule has 0 bridgehead atoms. The maximum atomic E-state index is 13.7. The minimum Gasteiger partial charge on any atom is -0.316 e. The van der Waals surface area contributed by atoms with Gasteiger partial charge in [0.05, 0.1) is 0 Å². The zero-order valence-corrected chi connectivity index (χ0v) is 12.9. The highest BCUT2D eigenvalue weighted by atomic mass is 32.2. The number of nitrogens with one attached hydrogen (secondary N) is 1. The number of benzene rings is 1. The van der Waals surface area contributed by atoms with Gasteiger partial charge in [-0.05, 0) is 61.4 Å². The summed E-state index contributed by atoms with van der Waals surface area (Å²) < 4.78 is 13.7. The van der Waals surface area contributed by atoms with E-state index >= 15 is 0 Å². The molecule has 1 aromatic carbocycles. The lowest BCUT2D eigenvalue weighted by Crippen LogP contribution is -2.25. The van der Waals surface area contributed by atoms with Crippen LogP contribution < -0.4 is 5.32 Å². The molecule has 19 heavy (non-hydrogen) atoms. The Hall–Kier alpha value is -0.540. The van der Waals surface area contributed by atoms with Crippen molar-refractivity contribution in [3.05, 3.63) is 35.6 Å². The van der Waals surface area contributed by atoms with E-state index in [2.05, 4.69) is 19.2 Å². The topological polar surface area (TPSA) is 12.0 Å². The molecule has 0 heterocycles. The molecule has 1 unspecified atom stereocenters. The lowest BCUT2D eigenvalue weighted by atomic mass is 9.96. The predicted molar refractivity (Wildman–Crippen MR) is 84.4 cm³/mol. The summed E-state index contributed by atoms with van der Waals surface area (Å²) in [6, 6.07) is 7.16. The average molecular weight is 283 g/mol. The number of halogens is 1. The van der Waals surface area contributed by atoms with Crippen molar-refractivity contribution in [2.24, 2.45) is 5.92 Å². The van der Waals surface area contributed by atoms with Crippen LogP contribution in [0.15, 0.2) is 24.3 Å². The van der Waals surface area contributed by atoms with Gasteiger partial charge in [-0.2, -0.15) is 11.8 Å². The molecule has 1 N–H and O–H groups in total. The van der Waals surface area contributed by atoms with Crippen LogP contribution in [0.2, 0.25) is 0 Å². The van der Waals surface area contributed by atoms with Gasteiger partial charge in [0.2, 0.25) is 0 Å². The smallest absolute Gasteiger partial charge is 0.126 e. The molecular formula is C16H26FNS. The molecule has 1 atom stereocenters. The molecule has 0 amide bonds. The molecule has 108 valence electrons. The Morgan fingerprint density at radius 2 is 2.05 bits per heavy atom. The predicted octanol–water partition coefficient (Wildman–Crippen LogP) is 4.13. The van der Waals surface area contributed by atoms with Gasteiger partial charge >= 0.3 is 0 Å². The zero-order valence-electron chi connectivity index (χ0n) is 12.1. The molecule has 0 aliphatic carbocycles. The molecule has 1 aromatic rings. The van der Waals surface area contributed by atoms with Gasteiger partial charge in [0, 0.05) is 0 Å². The van der Waals surface area contributed by atoms with Crippen LogP contribution >= 0.6 is 11.8 Å². The van der Waals surface area contributed by atoms with E-state index in [0.29, 0.717) is 5.92 Å². The molecule has 0 aromatic heterocycles. The number of rotatable bonds is 10. The fourth-order valence-electron chi connectivity index (χ4n) is 2.13. The zero-order chi connectivity index (χ0) is 13.9. The number of hydrogen-bond donors (Lipinski definition) is 1.